The Kier molecular flexibility index (Phi) is 3.58. The van der Waals surface area contributed by atoms with Crippen LogP contribution in [0.3, 0.4) is 0 Å². The van der Waals surface area contributed by atoms with Crippen molar-refractivity contribution in [3.8, 4) is 0 Å². The molecule has 1 unspecified atom stereocenters. The van der Waals surface area contributed by atoms with E-state index >= 15 is 0 Å². The molecule has 0 saturated heterocycles. The SMILES string of the molecule is CC(C(=O)O)c1ccc(N(C)C)c(Cl)c1. The standard InChI is InChI=1S/C11H14ClNO2/c1-7(11(14)15)8-4-5-10(13(2)3)9(12)6-8/h4-7H,1-3H3,(H,14,15). The fourth-order valence-electron chi connectivity index (χ4n) is 1.30. The van der Waals surface area contributed by atoms with E-state index in [1.54, 1.807) is 19.1 Å². The summed E-state index contributed by atoms with van der Waals surface area (Å²) in [5.41, 5.74) is 1.61. The van der Waals surface area contributed by atoms with Gasteiger partial charge in [0.1, 0.15) is 0 Å². The molecule has 1 rings (SSSR count). The van der Waals surface area contributed by atoms with Gasteiger partial charge in [-0.2, -0.15) is 0 Å². The van der Waals surface area contributed by atoms with Crippen LogP contribution in [-0.2, 0) is 4.79 Å². The van der Waals surface area contributed by atoms with Crippen LogP contribution in [0.25, 0.3) is 0 Å². The van der Waals surface area contributed by atoms with Crippen molar-refractivity contribution in [3.63, 3.8) is 0 Å². The van der Waals surface area contributed by atoms with E-state index in [0.717, 1.165) is 11.3 Å². The number of aliphatic carboxylic acids is 1. The van der Waals surface area contributed by atoms with Crippen LogP contribution in [0, 0.1) is 0 Å². The van der Waals surface area contributed by atoms with Gasteiger partial charge < -0.3 is 10.0 Å². The number of rotatable bonds is 3. The van der Waals surface area contributed by atoms with Crippen LogP contribution in [0.15, 0.2) is 18.2 Å². The molecule has 0 fully saturated rings. The highest BCUT2D eigenvalue weighted by atomic mass is 35.5. The predicted octanol–water partition coefficient (Wildman–Crippen LogP) is 2.59. The van der Waals surface area contributed by atoms with Crippen LogP contribution in [0.5, 0.6) is 0 Å². The quantitative estimate of drug-likeness (QED) is 0.863. The average Bonchev–Trinajstić information content (AvgIpc) is 2.15. The Morgan fingerprint density at radius 1 is 1.47 bits per heavy atom. The molecule has 0 spiro atoms. The van der Waals surface area contributed by atoms with E-state index in [9.17, 15) is 4.79 Å². The third kappa shape index (κ3) is 2.63. The minimum Gasteiger partial charge on any atom is -0.481 e. The second-order valence-corrected chi connectivity index (χ2v) is 4.07. The van der Waals surface area contributed by atoms with Crippen LogP contribution >= 0.6 is 11.6 Å². The Labute approximate surface area is 94.3 Å². The molecule has 0 aliphatic carbocycles. The molecule has 0 saturated carbocycles. The third-order valence-electron chi connectivity index (χ3n) is 2.32. The van der Waals surface area contributed by atoms with Gasteiger partial charge in [0.05, 0.1) is 16.6 Å². The molecule has 1 aromatic rings. The highest BCUT2D eigenvalue weighted by molar-refractivity contribution is 6.33. The molecule has 15 heavy (non-hydrogen) atoms. The predicted molar refractivity (Wildman–Crippen MR) is 61.8 cm³/mol. The molecule has 0 bridgehead atoms. The van der Waals surface area contributed by atoms with Crippen molar-refractivity contribution >= 4 is 23.3 Å². The molecule has 0 aliphatic rings. The zero-order chi connectivity index (χ0) is 11.6. The fraction of sp³-hybridized carbons (Fsp3) is 0.364. The van der Waals surface area contributed by atoms with Gasteiger partial charge in [0.2, 0.25) is 0 Å². The first-order valence-electron chi connectivity index (χ1n) is 4.63. The summed E-state index contributed by atoms with van der Waals surface area (Å²) < 4.78 is 0. The van der Waals surface area contributed by atoms with Crippen LogP contribution in [0.1, 0.15) is 18.4 Å². The smallest absolute Gasteiger partial charge is 0.310 e. The summed E-state index contributed by atoms with van der Waals surface area (Å²) in [6, 6.07) is 5.33. The molecule has 0 radical (unpaired) electrons. The lowest BCUT2D eigenvalue weighted by Gasteiger charge is -2.16. The highest BCUT2D eigenvalue weighted by Gasteiger charge is 2.15. The van der Waals surface area contributed by atoms with Gasteiger partial charge in [-0.25, -0.2) is 0 Å². The first kappa shape index (κ1) is 11.9. The molecule has 1 N–H and O–H groups in total. The molecule has 1 atom stereocenters. The van der Waals surface area contributed by atoms with Crippen molar-refractivity contribution in [2.45, 2.75) is 12.8 Å². The van der Waals surface area contributed by atoms with Crippen molar-refractivity contribution in [3.05, 3.63) is 28.8 Å². The van der Waals surface area contributed by atoms with Crippen LogP contribution in [0.2, 0.25) is 5.02 Å². The summed E-state index contributed by atoms with van der Waals surface area (Å²) in [6.07, 6.45) is 0. The molecule has 3 nitrogen and oxygen atoms in total. The number of carboxylic acid groups (broad SMARTS) is 1. The van der Waals surface area contributed by atoms with Crippen molar-refractivity contribution < 1.29 is 9.90 Å². The molecule has 0 heterocycles. The Hall–Kier alpha value is -1.22. The maximum atomic E-state index is 10.8. The largest absolute Gasteiger partial charge is 0.481 e. The lowest BCUT2D eigenvalue weighted by atomic mass is 10.0. The summed E-state index contributed by atoms with van der Waals surface area (Å²) in [4.78, 5) is 12.7. The van der Waals surface area contributed by atoms with Gasteiger partial charge in [0.15, 0.2) is 0 Å². The van der Waals surface area contributed by atoms with E-state index in [0.29, 0.717) is 5.02 Å². The zero-order valence-electron chi connectivity index (χ0n) is 8.99. The summed E-state index contributed by atoms with van der Waals surface area (Å²) in [6.45, 7) is 1.64. The van der Waals surface area contributed by atoms with E-state index in [4.69, 9.17) is 16.7 Å². The van der Waals surface area contributed by atoms with Crippen LogP contribution < -0.4 is 4.90 Å². The van der Waals surface area contributed by atoms with Gasteiger partial charge in [-0.3, -0.25) is 4.79 Å². The molecular weight excluding hydrogens is 214 g/mol. The van der Waals surface area contributed by atoms with Gasteiger partial charge >= 0.3 is 5.97 Å². The van der Waals surface area contributed by atoms with E-state index in [1.807, 2.05) is 25.1 Å². The summed E-state index contributed by atoms with van der Waals surface area (Å²) in [7, 11) is 3.78. The molecule has 0 amide bonds. The molecule has 82 valence electrons. The minimum absolute atomic E-state index is 0.529. The molecule has 0 aliphatic heterocycles. The van der Waals surface area contributed by atoms with Crippen molar-refractivity contribution in [2.24, 2.45) is 0 Å². The summed E-state index contributed by atoms with van der Waals surface area (Å²) in [5, 5.41) is 9.43. The number of carbonyl (C=O) groups is 1. The number of nitrogens with zero attached hydrogens (tertiary/aromatic N) is 1. The Balaban J connectivity index is 3.06. The molecule has 4 heteroatoms. The monoisotopic (exact) mass is 227 g/mol. The van der Waals surface area contributed by atoms with E-state index < -0.39 is 11.9 Å². The number of hydrogen-bond donors (Lipinski definition) is 1. The van der Waals surface area contributed by atoms with Gasteiger partial charge in [0.25, 0.3) is 0 Å². The zero-order valence-corrected chi connectivity index (χ0v) is 9.75. The van der Waals surface area contributed by atoms with Crippen LogP contribution in [0.4, 0.5) is 5.69 Å². The number of anilines is 1. The van der Waals surface area contributed by atoms with E-state index in [2.05, 4.69) is 0 Å². The number of benzene rings is 1. The van der Waals surface area contributed by atoms with Crippen molar-refractivity contribution in [2.75, 3.05) is 19.0 Å². The fourth-order valence-corrected chi connectivity index (χ4v) is 1.66. The Morgan fingerprint density at radius 3 is 2.47 bits per heavy atom. The number of halogens is 1. The van der Waals surface area contributed by atoms with E-state index in [-0.39, 0.29) is 0 Å². The lowest BCUT2D eigenvalue weighted by Crippen LogP contribution is -2.11. The van der Waals surface area contributed by atoms with Gasteiger partial charge in [-0.15, -0.1) is 0 Å². The second-order valence-electron chi connectivity index (χ2n) is 3.67. The first-order chi connectivity index (χ1) is 6.93. The minimum atomic E-state index is -0.844. The van der Waals surface area contributed by atoms with Gasteiger partial charge in [-0.05, 0) is 24.6 Å². The average molecular weight is 228 g/mol. The van der Waals surface area contributed by atoms with E-state index in [1.165, 1.54) is 0 Å². The topological polar surface area (TPSA) is 40.5 Å². The third-order valence-corrected chi connectivity index (χ3v) is 2.63. The summed E-state index contributed by atoms with van der Waals surface area (Å²) in [5.74, 6) is -1.37. The first-order valence-corrected chi connectivity index (χ1v) is 5.01. The van der Waals surface area contributed by atoms with Crippen molar-refractivity contribution in [1.82, 2.24) is 0 Å². The molecule has 0 aromatic heterocycles. The number of hydrogen-bond acceptors (Lipinski definition) is 2. The molecule has 1 aromatic carbocycles. The lowest BCUT2D eigenvalue weighted by molar-refractivity contribution is -0.138. The summed E-state index contributed by atoms with van der Waals surface area (Å²) >= 11 is 6.04. The Bertz CT molecular complexity index is 377. The normalized spacial score (nSPS) is 12.3. The maximum absolute atomic E-state index is 10.8. The Morgan fingerprint density at radius 2 is 2.07 bits per heavy atom. The second kappa shape index (κ2) is 4.53. The number of carboxylic acids is 1. The maximum Gasteiger partial charge on any atom is 0.310 e. The van der Waals surface area contributed by atoms with Crippen LogP contribution in [-0.4, -0.2) is 25.2 Å². The van der Waals surface area contributed by atoms with Gasteiger partial charge in [-0.1, -0.05) is 17.7 Å². The molecular formula is C11H14ClNO2. The highest BCUT2D eigenvalue weighted by Crippen LogP contribution is 2.28. The van der Waals surface area contributed by atoms with Crippen molar-refractivity contribution in [1.29, 1.82) is 0 Å². The van der Waals surface area contributed by atoms with Gasteiger partial charge in [0, 0.05) is 14.1 Å².